The van der Waals surface area contributed by atoms with Gasteiger partial charge in [-0.2, -0.15) is 0 Å². The summed E-state index contributed by atoms with van der Waals surface area (Å²) >= 11 is 0. The number of likely N-dealkylation sites (tertiary alicyclic amines) is 1. The molecule has 2 aromatic carbocycles. The van der Waals surface area contributed by atoms with E-state index in [1.807, 2.05) is 60.7 Å². The van der Waals surface area contributed by atoms with Gasteiger partial charge in [-0.05, 0) is 24.0 Å². The van der Waals surface area contributed by atoms with Crippen LogP contribution in [0.3, 0.4) is 0 Å². The van der Waals surface area contributed by atoms with Gasteiger partial charge in [0.05, 0.1) is 31.4 Å². The van der Waals surface area contributed by atoms with Crippen molar-refractivity contribution >= 4 is 6.09 Å². The van der Waals surface area contributed by atoms with Crippen LogP contribution in [0, 0.1) is 0 Å². The van der Waals surface area contributed by atoms with Gasteiger partial charge in [0.25, 0.3) is 0 Å². The minimum Gasteiger partial charge on any atom is -0.465 e. The number of amides is 1. The van der Waals surface area contributed by atoms with Gasteiger partial charge in [-0.25, -0.2) is 4.79 Å². The Morgan fingerprint density at radius 3 is 2.30 bits per heavy atom. The Hall–Kier alpha value is -2.41. The lowest BCUT2D eigenvalue weighted by molar-refractivity contribution is 0.0444. The Labute approximate surface area is 159 Å². The van der Waals surface area contributed by atoms with E-state index in [-0.39, 0.29) is 12.6 Å². The van der Waals surface area contributed by atoms with Crippen LogP contribution in [0.15, 0.2) is 60.7 Å². The number of carbonyl (C=O) groups is 1. The van der Waals surface area contributed by atoms with Crippen molar-refractivity contribution in [2.75, 3.05) is 6.54 Å². The predicted octanol–water partition coefficient (Wildman–Crippen LogP) is 2.26. The van der Waals surface area contributed by atoms with Crippen LogP contribution in [0.5, 0.6) is 0 Å². The average Bonchev–Trinajstić information content (AvgIpc) is 3.12. The number of hydrogen-bond acceptors (Lipinski definition) is 4. The van der Waals surface area contributed by atoms with Gasteiger partial charge >= 0.3 is 6.09 Å². The monoisotopic (exact) mass is 370 g/mol. The minimum atomic E-state index is -1.06. The molecule has 0 bridgehead atoms. The molecule has 4 atom stereocenters. The van der Waals surface area contributed by atoms with Crippen LogP contribution < -0.4 is 5.73 Å². The third-order valence-electron chi connectivity index (χ3n) is 5.03. The number of rotatable bonds is 7. The second kappa shape index (κ2) is 8.99. The molecule has 0 aliphatic carbocycles. The molecule has 1 saturated heterocycles. The molecule has 0 spiro atoms. The molecule has 144 valence electrons. The van der Waals surface area contributed by atoms with Crippen molar-refractivity contribution in [3.05, 3.63) is 71.8 Å². The van der Waals surface area contributed by atoms with E-state index in [2.05, 4.69) is 0 Å². The Balaban J connectivity index is 1.61. The molecule has 27 heavy (non-hydrogen) atoms. The third-order valence-corrected chi connectivity index (χ3v) is 5.03. The summed E-state index contributed by atoms with van der Waals surface area (Å²) in [6.45, 7) is 0.653. The van der Waals surface area contributed by atoms with Crippen LogP contribution in [0.4, 0.5) is 4.79 Å². The molecule has 0 unspecified atom stereocenters. The van der Waals surface area contributed by atoms with Crippen LogP contribution in [0.25, 0.3) is 0 Å². The number of nitrogens with two attached hydrogens (primary N) is 1. The molecule has 0 aromatic heterocycles. The second-order valence-electron chi connectivity index (χ2n) is 7.00. The van der Waals surface area contributed by atoms with Gasteiger partial charge in [-0.1, -0.05) is 60.7 Å². The molecule has 1 aliphatic heterocycles. The molecule has 1 aliphatic rings. The van der Waals surface area contributed by atoms with E-state index < -0.39 is 24.3 Å². The fourth-order valence-corrected chi connectivity index (χ4v) is 3.57. The van der Waals surface area contributed by atoms with Crippen molar-refractivity contribution in [2.45, 2.75) is 43.7 Å². The molecule has 6 nitrogen and oxygen atoms in total. The normalized spacial score (nSPS) is 21.8. The van der Waals surface area contributed by atoms with Crippen LogP contribution >= 0.6 is 0 Å². The molecule has 6 heteroatoms. The molecule has 2 aromatic rings. The number of aliphatic hydroxyl groups is 1. The topological polar surface area (TPSA) is 96.0 Å². The van der Waals surface area contributed by atoms with Gasteiger partial charge in [0.15, 0.2) is 0 Å². The zero-order valence-electron chi connectivity index (χ0n) is 15.1. The first-order chi connectivity index (χ1) is 13.0. The number of ether oxygens (including phenoxy) is 1. The van der Waals surface area contributed by atoms with Crippen molar-refractivity contribution in [3.8, 4) is 0 Å². The maximum absolute atomic E-state index is 11.6. The Kier molecular flexibility index (Phi) is 6.45. The standard InChI is InChI=1S/C21H26N2O4/c22-18(11-15-7-3-1-4-8-15)20(24)19-12-17(13-23(19)21(25)26)27-14-16-9-5-2-6-10-16/h1-10,17-20,24H,11-14,22H2,(H,25,26)/t17-,18+,19-,20-/m1/s1. The molecule has 1 fully saturated rings. The summed E-state index contributed by atoms with van der Waals surface area (Å²) in [6.07, 6.45) is -1.35. The highest BCUT2D eigenvalue weighted by atomic mass is 16.5. The van der Waals surface area contributed by atoms with Gasteiger partial charge in [-0.3, -0.25) is 0 Å². The highest BCUT2D eigenvalue weighted by Gasteiger charge is 2.41. The van der Waals surface area contributed by atoms with E-state index in [1.54, 1.807) is 0 Å². The fraction of sp³-hybridized carbons (Fsp3) is 0.381. The van der Waals surface area contributed by atoms with Crippen molar-refractivity contribution in [3.63, 3.8) is 0 Å². The first-order valence-electron chi connectivity index (χ1n) is 9.17. The van der Waals surface area contributed by atoms with Crippen molar-refractivity contribution in [1.29, 1.82) is 0 Å². The van der Waals surface area contributed by atoms with Crippen LogP contribution in [-0.2, 0) is 17.8 Å². The van der Waals surface area contributed by atoms with E-state index in [0.29, 0.717) is 19.4 Å². The lowest BCUT2D eigenvalue weighted by Gasteiger charge is -2.29. The van der Waals surface area contributed by atoms with Crippen LogP contribution in [-0.4, -0.2) is 52.0 Å². The summed E-state index contributed by atoms with van der Waals surface area (Å²) in [7, 11) is 0. The van der Waals surface area contributed by atoms with Crippen LogP contribution in [0.1, 0.15) is 17.5 Å². The van der Waals surface area contributed by atoms with E-state index in [4.69, 9.17) is 10.5 Å². The highest BCUT2D eigenvalue weighted by molar-refractivity contribution is 5.66. The zero-order chi connectivity index (χ0) is 19.2. The third kappa shape index (κ3) is 5.07. The second-order valence-corrected chi connectivity index (χ2v) is 7.00. The van der Waals surface area contributed by atoms with E-state index in [0.717, 1.165) is 11.1 Å². The summed E-state index contributed by atoms with van der Waals surface area (Å²) in [6, 6.07) is 18.3. The molecule has 1 amide bonds. The first kappa shape index (κ1) is 19.4. The molecule has 3 rings (SSSR count). The summed E-state index contributed by atoms with van der Waals surface area (Å²) in [4.78, 5) is 12.9. The van der Waals surface area contributed by atoms with Crippen molar-refractivity contribution in [1.82, 2.24) is 4.90 Å². The molecule has 0 saturated carbocycles. The maximum atomic E-state index is 11.6. The maximum Gasteiger partial charge on any atom is 0.407 e. The smallest absolute Gasteiger partial charge is 0.407 e. The largest absolute Gasteiger partial charge is 0.465 e. The minimum absolute atomic E-state index is 0.238. The first-order valence-corrected chi connectivity index (χ1v) is 9.17. The van der Waals surface area contributed by atoms with Gasteiger partial charge < -0.3 is 25.6 Å². The van der Waals surface area contributed by atoms with Gasteiger partial charge in [0.2, 0.25) is 0 Å². The SMILES string of the molecule is N[C@@H](Cc1ccccc1)[C@@H](O)[C@H]1C[C@@H](OCc2ccccc2)CN1C(=O)O. The Morgan fingerprint density at radius 2 is 1.70 bits per heavy atom. The summed E-state index contributed by atoms with van der Waals surface area (Å²) in [5.74, 6) is 0. The van der Waals surface area contributed by atoms with E-state index in [1.165, 1.54) is 4.90 Å². The summed E-state index contributed by atoms with van der Waals surface area (Å²) < 4.78 is 5.89. The lowest BCUT2D eigenvalue weighted by Crippen LogP contribution is -2.51. The average molecular weight is 370 g/mol. The Morgan fingerprint density at radius 1 is 1.11 bits per heavy atom. The quantitative estimate of drug-likeness (QED) is 0.695. The number of hydrogen-bond donors (Lipinski definition) is 3. The van der Waals surface area contributed by atoms with Gasteiger partial charge in [0, 0.05) is 6.04 Å². The number of benzene rings is 2. The Bertz CT molecular complexity index is 725. The number of carboxylic acid groups (broad SMARTS) is 1. The number of nitrogens with zero attached hydrogens (tertiary/aromatic N) is 1. The lowest BCUT2D eigenvalue weighted by atomic mass is 9.95. The molecular formula is C21H26N2O4. The summed E-state index contributed by atoms with van der Waals surface area (Å²) in [5, 5.41) is 20.2. The number of aliphatic hydroxyl groups excluding tert-OH is 1. The van der Waals surface area contributed by atoms with Crippen molar-refractivity contribution < 1.29 is 19.7 Å². The van der Waals surface area contributed by atoms with Gasteiger partial charge in [-0.15, -0.1) is 0 Å². The molecule has 0 radical (unpaired) electrons. The predicted molar refractivity (Wildman–Crippen MR) is 102 cm³/mol. The zero-order valence-corrected chi connectivity index (χ0v) is 15.1. The highest BCUT2D eigenvalue weighted by Crippen LogP contribution is 2.26. The molecule has 1 heterocycles. The molecular weight excluding hydrogens is 344 g/mol. The van der Waals surface area contributed by atoms with Crippen molar-refractivity contribution in [2.24, 2.45) is 5.73 Å². The van der Waals surface area contributed by atoms with E-state index in [9.17, 15) is 15.0 Å². The fourth-order valence-electron chi connectivity index (χ4n) is 3.57. The van der Waals surface area contributed by atoms with E-state index >= 15 is 0 Å². The van der Waals surface area contributed by atoms with Crippen LogP contribution in [0.2, 0.25) is 0 Å². The molecule has 4 N–H and O–H groups in total. The summed E-state index contributed by atoms with van der Waals surface area (Å²) in [5.41, 5.74) is 8.24. The van der Waals surface area contributed by atoms with Gasteiger partial charge in [0.1, 0.15) is 0 Å².